The van der Waals surface area contributed by atoms with Gasteiger partial charge in [0.15, 0.2) is 0 Å². The van der Waals surface area contributed by atoms with Crippen LogP contribution in [-0.2, 0) is 9.47 Å². The number of alkyl carbamates (subject to hydrolysis) is 1. The molecule has 5 heteroatoms. The fraction of sp³-hybridized carbons (Fsp3) is 0.875. The van der Waals surface area contributed by atoms with Crippen LogP contribution in [0.5, 0.6) is 0 Å². The molecule has 0 aliphatic heterocycles. The van der Waals surface area contributed by atoms with Crippen LogP contribution in [0.3, 0.4) is 0 Å². The van der Waals surface area contributed by atoms with Crippen molar-refractivity contribution in [1.82, 2.24) is 5.32 Å². The summed E-state index contributed by atoms with van der Waals surface area (Å²) in [5.41, 5.74) is 0. The number of nitrogens with one attached hydrogen (secondary N) is 1. The zero-order valence-electron chi connectivity index (χ0n) is 7.42. The minimum Gasteiger partial charge on any atom is -0.447 e. The molecule has 1 saturated carbocycles. The molecule has 1 amide bonds. The summed E-state index contributed by atoms with van der Waals surface area (Å²) in [6.07, 6.45) is 1.78. The number of hydrogen-bond donors (Lipinski definition) is 1. The van der Waals surface area contributed by atoms with E-state index in [0.29, 0.717) is 25.1 Å². The van der Waals surface area contributed by atoms with E-state index in [1.165, 1.54) is 0 Å². The largest absolute Gasteiger partial charge is 0.447 e. The third-order valence-electron chi connectivity index (χ3n) is 1.58. The second-order valence-electron chi connectivity index (χ2n) is 2.86. The quantitative estimate of drug-likeness (QED) is 0.525. The van der Waals surface area contributed by atoms with E-state index in [9.17, 15) is 4.79 Å². The molecule has 1 aliphatic carbocycles. The average Bonchev–Trinajstić information content (AvgIpc) is 2.88. The molecule has 1 aliphatic rings. The first-order valence-electron chi connectivity index (χ1n) is 4.40. The second-order valence-corrected chi connectivity index (χ2v) is 3.23. The summed E-state index contributed by atoms with van der Waals surface area (Å²) >= 11 is 5.38. The number of carbonyl (C=O) groups is 1. The Morgan fingerprint density at radius 1 is 1.38 bits per heavy atom. The highest BCUT2D eigenvalue weighted by Gasteiger charge is 2.23. The van der Waals surface area contributed by atoms with Crippen molar-refractivity contribution in [3.8, 4) is 0 Å². The molecule has 0 unspecified atom stereocenters. The molecule has 0 atom stereocenters. The number of amides is 1. The maximum atomic E-state index is 10.9. The fourth-order valence-electron chi connectivity index (χ4n) is 0.786. The summed E-state index contributed by atoms with van der Waals surface area (Å²) in [7, 11) is 0. The van der Waals surface area contributed by atoms with Crippen LogP contribution in [0.25, 0.3) is 0 Å². The fourth-order valence-corrected chi connectivity index (χ4v) is 0.895. The second kappa shape index (κ2) is 6.05. The number of ether oxygens (including phenoxy) is 2. The molecule has 4 nitrogen and oxygen atoms in total. The SMILES string of the molecule is O=C(NC1CC1)OCCOCCCl. The van der Waals surface area contributed by atoms with Crippen molar-refractivity contribution in [2.24, 2.45) is 0 Å². The van der Waals surface area contributed by atoms with E-state index in [1.807, 2.05) is 0 Å². The van der Waals surface area contributed by atoms with Gasteiger partial charge in [0.2, 0.25) is 0 Å². The average molecular weight is 208 g/mol. The van der Waals surface area contributed by atoms with Gasteiger partial charge < -0.3 is 14.8 Å². The Bertz CT molecular complexity index is 161. The molecule has 1 fully saturated rings. The Hall–Kier alpha value is -0.480. The number of rotatable bonds is 6. The lowest BCUT2D eigenvalue weighted by molar-refractivity contribution is 0.0795. The van der Waals surface area contributed by atoms with E-state index in [4.69, 9.17) is 21.1 Å². The molecule has 0 aromatic heterocycles. The summed E-state index contributed by atoms with van der Waals surface area (Å²) in [4.78, 5) is 10.9. The Balaban J connectivity index is 1.83. The minimum atomic E-state index is -0.350. The van der Waals surface area contributed by atoms with Gasteiger partial charge in [-0.3, -0.25) is 0 Å². The smallest absolute Gasteiger partial charge is 0.407 e. The van der Waals surface area contributed by atoms with Gasteiger partial charge in [0, 0.05) is 11.9 Å². The molecule has 0 heterocycles. The van der Waals surface area contributed by atoms with E-state index in [2.05, 4.69) is 5.32 Å². The third kappa shape index (κ3) is 5.71. The van der Waals surface area contributed by atoms with Gasteiger partial charge in [-0.15, -0.1) is 11.6 Å². The van der Waals surface area contributed by atoms with Crippen LogP contribution >= 0.6 is 11.6 Å². The topological polar surface area (TPSA) is 47.6 Å². The van der Waals surface area contributed by atoms with Crippen LogP contribution in [0.1, 0.15) is 12.8 Å². The summed E-state index contributed by atoms with van der Waals surface area (Å²) in [6.45, 7) is 1.19. The van der Waals surface area contributed by atoms with Gasteiger partial charge in [-0.2, -0.15) is 0 Å². The van der Waals surface area contributed by atoms with Crippen LogP contribution in [-0.4, -0.2) is 37.8 Å². The molecular weight excluding hydrogens is 194 g/mol. The predicted octanol–water partition coefficient (Wildman–Crippen LogP) is 1.13. The van der Waals surface area contributed by atoms with Crippen LogP contribution in [0, 0.1) is 0 Å². The van der Waals surface area contributed by atoms with E-state index in [-0.39, 0.29) is 12.7 Å². The molecule has 0 radical (unpaired) electrons. The Kier molecular flexibility index (Phi) is 4.93. The molecule has 0 saturated heterocycles. The zero-order valence-corrected chi connectivity index (χ0v) is 8.18. The normalized spacial score (nSPS) is 15.5. The maximum Gasteiger partial charge on any atom is 0.407 e. The van der Waals surface area contributed by atoms with Gasteiger partial charge in [0.05, 0.1) is 13.2 Å². The number of hydrogen-bond acceptors (Lipinski definition) is 3. The van der Waals surface area contributed by atoms with Crippen molar-refractivity contribution in [1.29, 1.82) is 0 Å². The van der Waals surface area contributed by atoms with Crippen molar-refractivity contribution in [2.75, 3.05) is 25.7 Å². The van der Waals surface area contributed by atoms with Crippen LogP contribution in [0.4, 0.5) is 4.79 Å². The molecule has 0 bridgehead atoms. The van der Waals surface area contributed by atoms with Crippen LogP contribution in [0.2, 0.25) is 0 Å². The van der Waals surface area contributed by atoms with Crippen molar-refractivity contribution in [3.05, 3.63) is 0 Å². The Labute approximate surface area is 82.5 Å². The van der Waals surface area contributed by atoms with Crippen LogP contribution < -0.4 is 5.32 Å². The van der Waals surface area contributed by atoms with E-state index >= 15 is 0 Å². The molecule has 13 heavy (non-hydrogen) atoms. The molecule has 1 N–H and O–H groups in total. The minimum absolute atomic E-state index is 0.287. The molecule has 1 rings (SSSR count). The lowest BCUT2D eigenvalue weighted by Gasteiger charge is -2.05. The van der Waals surface area contributed by atoms with Gasteiger partial charge >= 0.3 is 6.09 Å². The first kappa shape index (κ1) is 10.6. The molecule has 0 spiro atoms. The number of alkyl halides is 1. The highest BCUT2D eigenvalue weighted by Crippen LogP contribution is 2.18. The van der Waals surface area contributed by atoms with E-state index < -0.39 is 0 Å². The molecule has 0 aromatic rings. The van der Waals surface area contributed by atoms with Crippen molar-refractivity contribution < 1.29 is 14.3 Å². The third-order valence-corrected chi connectivity index (χ3v) is 1.74. The highest BCUT2D eigenvalue weighted by molar-refractivity contribution is 6.17. The summed E-state index contributed by atoms with van der Waals surface area (Å²) < 4.78 is 9.84. The summed E-state index contributed by atoms with van der Waals surface area (Å²) in [5, 5.41) is 2.70. The number of halogens is 1. The zero-order chi connectivity index (χ0) is 9.52. The van der Waals surface area contributed by atoms with Gasteiger partial charge in [-0.1, -0.05) is 0 Å². The summed E-state index contributed by atoms with van der Waals surface area (Å²) in [5.74, 6) is 0.467. The summed E-state index contributed by atoms with van der Waals surface area (Å²) in [6, 6.07) is 0.344. The molecule has 0 aromatic carbocycles. The predicted molar refractivity (Wildman–Crippen MR) is 49.0 cm³/mol. The molecular formula is C8H14ClNO3. The van der Waals surface area contributed by atoms with Crippen molar-refractivity contribution >= 4 is 17.7 Å². The van der Waals surface area contributed by atoms with Gasteiger partial charge in [-0.25, -0.2) is 4.79 Å². The van der Waals surface area contributed by atoms with Crippen molar-refractivity contribution in [2.45, 2.75) is 18.9 Å². The van der Waals surface area contributed by atoms with Gasteiger partial charge in [0.1, 0.15) is 6.61 Å². The van der Waals surface area contributed by atoms with Gasteiger partial charge in [0.25, 0.3) is 0 Å². The molecule has 76 valence electrons. The first-order chi connectivity index (χ1) is 6.33. The first-order valence-corrected chi connectivity index (χ1v) is 4.93. The monoisotopic (exact) mass is 207 g/mol. The van der Waals surface area contributed by atoms with Gasteiger partial charge in [-0.05, 0) is 12.8 Å². The van der Waals surface area contributed by atoms with Crippen LogP contribution in [0.15, 0.2) is 0 Å². The number of carbonyl (C=O) groups excluding carboxylic acids is 1. The highest BCUT2D eigenvalue weighted by atomic mass is 35.5. The Morgan fingerprint density at radius 2 is 2.15 bits per heavy atom. The van der Waals surface area contributed by atoms with E-state index in [1.54, 1.807) is 0 Å². The lowest BCUT2D eigenvalue weighted by atomic mass is 10.7. The lowest BCUT2D eigenvalue weighted by Crippen LogP contribution is -2.27. The maximum absolute atomic E-state index is 10.9. The standard InChI is InChI=1S/C8H14ClNO3/c9-3-4-12-5-6-13-8(11)10-7-1-2-7/h7H,1-6H2,(H,10,11). The van der Waals surface area contributed by atoms with E-state index in [0.717, 1.165) is 12.8 Å². The Morgan fingerprint density at radius 3 is 2.77 bits per heavy atom. The van der Waals surface area contributed by atoms with Crippen molar-refractivity contribution in [3.63, 3.8) is 0 Å².